The summed E-state index contributed by atoms with van der Waals surface area (Å²) in [6.45, 7) is 8.17. The van der Waals surface area contributed by atoms with Crippen LogP contribution >= 0.6 is 11.8 Å². The van der Waals surface area contributed by atoms with Gasteiger partial charge >= 0.3 is 0 Å². The molecule has 1 heterocycles. The Balaban J connectivity index is 1.74. The number of aryl methyl sites for hydroxylation is 1. The van der Waals surface area contributed by atoms with E-state index in [2.05, 4.69) is 5.32 Å². The number of nitrogens with one attached hydrogen (secondary N) is 1. The van der Waals surface area contributed by atoms with Crippen LogP contribution in [0, 0.1) is 12.3 Å². The van der Waals surface area contributed by atoms with E-state index >= 15 is 0 Å². The summed E-state index contributed by atoms with van der Waals surface area (Å²) < 4.78 is 0. The van der Waals surface area contributed by atoms with Crippen LogP contribution in [0.5, 0.6) is 0 Å². The van der Waals surface area contributed by atoms with Crippen LogP contribution in [0.4, 0.5) is 11.4 Å². The molecule has 27 heavy (non-hydrogen) atoms. The molecule has 1 aliphatic rings. The minimum Gasteiger partial charge on any atom is -0.326 e. The van der Waals surface area contributed by atoms with Gasteiger partial charge in [0.15, 0.2) is 0 Å². The lowest BCUT2D eigenvalue weighted by Gasteiger charge is -2.24. The fourth-order valence-electron chi connectivity index (χ4n) is 3.07. The van der Waals surface area contributed by atoms with Crippen molar-refractivity contribution in [3.8, 4) is 0 Å². The van der Waals surface area contributed by atoms with Gasteiger partial charge in [-0.2, -0.15) is 0 Å². The van der Waals surface area contributed by atoms with E-state index in [1.165, 1.54) is 5.56 Å². The van der Waals surface area contributed by atoms with Gasteiger partial charge in [0.1, 0.15) is 5.37 Å². The second kappa shape index (κ2) is 7.77. The van der Waals surface area contributed by atoms with E-state index in [-0.39, 0.29) is 22.6 Å². The van der Waals surface area contributed by atoms with Gasteiger partial charge in [-0.25, -0.2) is 0 Å². The number of benzene rings is 2. The molecule has 2 amide bonds. The summed E-state index contributed by atoms with van der Waals surface area (Å²) in [5, 5.41) is 2.91. The Labute approximate surface area is 165 Å². The van der Waals surface area contributed by atoms with E-state index < -0.39 is 0 Å². The molecular weight excluding hydrogens is 356 g/mol. The second-order valence-electron chi connectivity index (χ2n) is 8.17. The quantitative estimate of drug-likeness (QED) is 0.796. The Morgan fingerprint density at radius 3 is 2.33 bits per heavy atom. The van der Waals surface area contributed by atoms with Crippen LogP contribution in [0.2, 0.25) is 0 Å². The summed E-state index contributed by atoms with van der Waals surface area (Å²) in [6.07, 6.45) is 0.475. The number of hydrogen-bond donors (Lipinski definition) is 1. The minimum absolute atomic E-state index is 0.0157. The first-order valence-electron chi connectivity index (χ1n) is 9.13. The maximum Gasteiger partial charge on any atom is 0.238 e. The van der Waals surface area contributed by atoms with Crippen LogP contribution < -0.4 is 10.2 Å². The lowest BCUT2D eigenvalue weighted by atomic mass is 9.92. The monoisotopic (exact) mass is 382 g/mol. The number of amides is 2. The molecule has 0 radical (unpaired) electrons. The molecule has 1 saturated heterocycles. The Morgan fingerprint density at radius 2 is 1.74 bits per heavy atom. The number of thioether (sulfide) groups is 1. The van der Waals surface area contributed by atoms with Crippen molar-refractivity contribution in [3.63, 3.8) is 0 Å². The van der Waals surface area contributed by atoms with E-state index in [1.807, 2.05) is 81.1 Å². The third kappa shape index (κ3) is 4.92. The van der Waals surface area contributed by atoms with E-state index in [9.17, 15) is 9.59 Å². The number of carbonyl (C=O) groups excluding carboxylic acids is 2. The van der Waals surface area contributed by atoms with Crippen LogP contribution in [-0.4, -0.2) is 17.6 Å². The second-order valence-corrected chi connectivity index (χ2v) is 9.24. The molecule has 0 aliphatic carbocycles. The van der Waals surface area contributed by atoms with Crippen LogP contribution in [0.15, 0.2) is 48.5 Å². The average Bonchev–Trinajstić information content (AvgIpc) is 2.96. The first kappa shape index (κ1) is 19.5. The smallest absolute Gasteiger partial charge is 0.238 e. The highest BCUT2D eigenvalue weighted by molar-refractivity contribution is 8.00. The molecule has 0 bridgehead atoms. The number of carbonyl (C=O) groups is 2. The van der Waals surface area contributed by atoms with Crippen LogP contribution in [0.3, 0.4) is 0 Å². The Morgan fingerprint density at radius 1 is 1.11 bits per heavy atom. The molecule has 3 rings (SSSR count). The van der Waals surface area contributed by atoms with Crippen LogP contribution in [0.25, 0.3) is 0 Å². The number of nitrogens with zero attached hydrogens (tertiary/aromatic N) is 1. The number of rotatable bonds is 4. The predicted octanol–water partition coefficient (Wildman–Crippen LogP) is 5.15. The van der Waals surface area contributed by atoms with Gasteiger partial charge in [0.05, 0.1) is 5.75 Å². The lowest BCUT2D eigenvalue weighted by molar-refractivity contribution is -0.118. The Kier molecular flexibility index (Phi) is 5.61. The predicted molar refractivity (Wildman–Crippen MR) is 113 cm³/mol. The molecule has 4 nitrogen and oxygen atoms in total. The third-order valence-electron chi connectivity index (χ3n) is 4.35. The van der Waals surface area contributed by atoms with E-state index in [0.717, 1.165) is 16.9 Å². The molecule has 0 saturated carbocycles. The van der Waals surface area contributed by atoms with Gasteiger partial charge in [0, 0.05) is 17.8 Å². The molecule has 1 fully saturated rings. The molecule has 0 spiro atoms. The Hall–Kier alpha value is -2.27. The average molecular weight is 383 g/mol. The van der Waals surface area contributed by atoms with Gasteiger partial charge in [-0.1, -0.05) is 50.6 Å². The zero-order valence-electron chi connectivity index (χ0n) is 16.3. The molecule has 1 atom stereocenters. The molecule has 2 aromatic rings. The van der Waals surface area contributed by atoms with Crippen LogP contribution in [0.1, 0.15) is 43.7 Å². The first-order valence-corrected chi connectivity index (χ1v) is 10.2. The van der Waals surface area contributed by atoms with E-state index in [1.54, 1.807) is 11.8 Å². The van der Waals surface area contributed by atoms with Gasteiger partial charge in [-0.3, -0.25) is 14.5 Å². The molecular formula is C22H26N2O2S. The number of hydrogen-bond acceptors (Lipinski definition) is 3. The van der Waals surface area contributed by atoms with Gasteiger partial charge in [0.25, 0.3) is 0 Å². The molecule has 5 heteroatoms. The summed E-state index contributed by atoms with van der Waals surface area (Å²) in [4.78, 5) is 26.4. The van der Waals surface area contributed by atoms with Crippen molar-refractivity contribution in [2.75, 3.05) is 16.0 Å². The molecule has 2 aromatic carbocycles. The molecule has 1 unspecified atom stereocenters. The van der Waals surface area contributed by atoms with Gasteiger partial charge in [0.2, 0.25) is 11.8 Å². The third-order valence-corrected chi connectivity index (χ3v) is 5.56. The largest absolute Gasteiger partial charge is 0.326 e. The van der Waals surface area contributed by atoms with E-state index in [4.69, 9.17) is 0 Å². The van der Waals surface area contributed by atoms with Gasteiger partial charge in [-0.15, -0.1) is 11.8 Å². The topological polar surface area (TPSA) is 49.4 Å². The van der Waals surface area contributed by atoms with Crippen molar-refractivity contribution in [2.24, 2.45) is 5.41 Å². The van der Waals surface area contributed by atoms with Crippen molar-refractivity contribution in [1.82, 2.24) is 0 Å². The zero-order chi connectivity index (χ0) is 19.6. The molecule has 0 aromatic heterocycles. The zero-order valence-corrected chi connectivity index (χ0v) is 17.1. The summed E-state index contributed by atoms with van der Waals surface area (Å²) >= 11 is 1.63. The highest BCUT2D eigenvalue weighted by atomic mass is 32.2. The number of anilines is 2. The molecule has 1 aliphatic heterocycles. The fourth-order valence-corrected chi connectivity index (χ4v) is 4.25. The minimum atomic E-state index is -0.0422. The summed E-state index contributed by atoms with van der Waals surface area (Å²) in [7, 11) is 0. The maximum atomic E-state index is 12.4. The summed E-state index contributed by atoms with van der Waals surface area (Å²) in [5.41, 5.74) is 3.89. The van der Waals surface area contributed by atoms with Crippen molar-refractivity contribution in [1.29, 1.82) is 0 Å². The normalized spacial score (nSPS) is 17.3. The summed E-state index contributed by atoms with van der Waals surface area (Å²) in [5.74, 6) is 0.612. The maximum absolute atomic E-state index is 12.4. The van der Waals surface area contributed by atoms with Crippen molar-refractivity contribution in [3.05, 3.63) is 59.7 Å². The standard InChI is InChI=1S/C22H26N2O2S/c1-15-5-11-18(12-6-15)24-20(26)14-27-21(24)16-7-9-17(10-8-16)23-19(25)13-22(2,3)4/h5-12,21H,13-14H2,1-4H3,(H,23,25). The van der Waals surface area contributed by atoms with Crippen molar-refractivity contribution in [2.45, 2.75) is 39.5 Å². The van der Waals surface area contributed by atoms with Crippen molar-refractivity contribution < 1.29 is 9.59 Å². The highest BCUT2D eigenvalue weighted by Crippen LogP contribution is 2.42. The molecule has 1 N–H and O–H groups in total. The Bertz CT molecular complexity index is 823. The fraction of sp³-hybridized carbons (Fsp3) is 0.364. The SMILES string of the molecule is Cc1ccc(N2C(=O)CSC2c2ccc(NC(=O)CC(C)(C)C)cc2)cc1. The highest BCUT2D eigenvalue weighted by Gasteiger charge is 2.33. The lowest BCUT2D eigenvalue weighted by Crippen LogP contribution is -2.27. The van der Waals surface area contributed by atoms with Crippen LogP contribution in [-0.2, 0) is 9.59 Å². The van der Waals surface area contributed by atoms with E-state index in [0.29, 0.717) is 12.2 Å². The molecule has 142 valence electrons. The first-order chi connectivity index (χ1) is 12.7. The van der Waals surface area contributed by atoms with Gasteiger partial charge in [-0.05, 0) is 42.2 Å². The van der Waals surface area contributed by atoms with Gasteiger partial charge < -0.3 is 5.32 Å². The summed E-state index contributed by atoms with van der Waals surface area (Å²) in [6, 6.07) is 15.8. The van der Waals surface area contributed by atoms with Crippen molar-refractivity contribution >= 4 is 35.0 Å².